The van der Waals surface area contributed by atoms with Crippen molar-refractivity contribution in [3.8, 4) is 0 Å². The zero-order valence-corrected chi connectivity index (χ0v) is 8.96. The van der Waals surface area contributed by atoms with E-state index in [-0.39, 0.29) is 16.5 Å². The van der Waals surface area contributed by atoms with Gasteiger partial charge in [0, 0.05) is 24.4 Å². The molecule has 0 saturated heterocycles. The molecule has 1 atom stereocenters. The first-order valence-corrected chi connectivity index (χ1v) is 5.11. The Hall–Kier alpha value is -1.97. The number of aromatic nitrogens is 1. The molecule has 1 aliphatic carbocycles. The van der Waals surface area contributed by atoms with E-state index in [0.717, 1.165) is 11.1 Å². The first-order valence-electron chi connectivity index (χ1n) is 5.11. The van der Waals surface area contributed by atoms with Crippen LogP contribution in [-0.4, -0.2) is 9.91 Å². The number of hydrogen-bond donors (Lipinski definition) is 0. The van der Waals surface area contributed by atoms with Gasteiger partial charge in [-0.1, -0.05) is 5.57 Å². The zero-order valence-electron chi connectivity index (χ0n) is 8.96. The van der Waals surface area contributed by atoms with Gasteiger partial charge in [0.1, 0.15) is 0 Å². The minimum Gasteiger partial charge on any atom is -0.265 e. The lowest BCUT2D eigenvalue weighted by Gasteiger charge is -2.18. The summed E-state index contributed by atoms with van der Waals surface area (Å²) < 4.78 is 0. The number of hydrogen-bond acceptors (Lipinski definition) is 3. The molecule has 1 heterocycles. The molecule has 0 fully saturated rings. The summed E-state index contributed by atoms with van der Waals surface area (Å²) in [5.41, 5.74) is 2.38. The quantitative estimate of drug-likeness (QED) is 0.564. The van der Waals surface area contributed by atoms with Crippen LogP contribution in [0.4, 0.5) is 0 Å². The molecule has 1 unspecified atom stereocenters. The first-order chi connectivity index (χ1) is 7.68. The third-order valence-corrected chi connectivity index (χ3v) is 2.81. The summed E-state index contributed by atoms with van der Waals surface area (Å²) in [6, 6.07) is 3.90. The van der Waals surface area contributed by atoms with Crippen LogP contribution in [0.5, 0.6) is 0 Å². The highest BCUT2D eigenvalue weighted by Gasteiger charge is 2.21. The molecule has 0 radical (unpaired) electrons. The highest BCUT2D eigenvalue weighted by atomic mass is 16.6. The van der Waals surface area contributed by atoms with E-state index in [1.165, 1.54) is 0 Å². The van der Waals surface area contributed by atoms with E-state index in [1.807, 2.05) is 19.1 Å². The molecule has 0 N–H and O–H groups in total. The Balaban J connectivity index is 2.25. The van der Waals surface area contributed by atoms with Gasteiger partial charge < -0.3 is 0 Å². The van der Waals surface area contributed by atoms with Crippen molar-refractivity contribution in [2.45, 2.75) is 19.3 Å². The van der Waals surface area contributed by atoms with Gasteiger partial charge >= 0.3 is 0 Å². The van der Waals surface area contributed by atoms with Crippen molar-refractivity contribution in [3.05, 3.63) is 63.6 Å². The highest BCUT2D eigenvalue weighted by molar-refractivity contribution is 5.34. The molecule has 82 valence electrons. The average molecular weight is 216 g/mol. The lowest BCUT2D eigenvalue weighted by molar-refractivity contribution is -0.419. The monoisotopic (exact) mass is 216 g/mol. The molecule has 2 rings (SSSR count). The molecule has 0 aliphatic heterocycles. The van der Waals surface area contributed by atoms with Crippen molar-refractivity contribution in [3.63, 3.8) is 0 Å². The lowest BCUT2D eigenvalue weighted by Crippen LogP contribution is -2.08. The van der Waals surface area contributed by atoms with Gasteiger partial charge in [0.25, 0.3) is 5.70 Å². The van der Waals surface area contributed by atoms with Crippen LogP contribution >= 0.6 is 0 Å². The number of allylic oxidation sites excluding steroid dienone is 3. The Bertz CT molecular complexity index is 463. The normalized spacial score (nSPS) is 19.9. The van der Waals surface area contributed by atoms with E-state index in [9.17, 15) is 10.1 Å². The molecule has 0 spiro atoms. The van der Waals surface area contributed by atoms with E-state index in [2.05, 4.69) is 4.98 Å². The van der Waals surface area contributed by atoms with Gasteiger partial charge in [-0.2, -0.15) is 0 Å². The van der Waals surface area contributed by atoms with Crippen LogP contribution in [-0.2, 0) is 0 Å². The molecule has 4 heteroatoms. The first kappa shape index (κ1) is 10.5. The third kappa shape index (κ3) is 2.00. The molecular weight excluding hydrogens is 204 g/mol. The number of pyridine rings is 1. The van der Waals surface area contributed by atoms with Gasteiger partial charge in [-0.05, 0) is 37.1 Å². The fourth-order valence-corrected chi connectivity index (χ4v) is 1.94. The van der Waals surface area contributed by atoms with E-state index < -0.39 is 0 Å². The summed E-state index contributed by atoms with van der Waals surface area (Å²) in [5, 5.41) is 10.6. The third-order valence-electron chi connectivity index (χ3n) is 2.81. The molecule has 1 aliphatic rings. The van der Waals surface area contributed by atoms with Crippen LogP contribution in [0.1, 0.15) is 24.8 Å². The average Bonchev–Trinajstić information content (AvgIpc) is 2.30. The maximum Gasteiger partial charge on any atom is 0.265 e. The van der Waals surface area contributed by atoms with Crippen LogP contribution in [0.15, 0.2) is 47.9 Å². The molecule has 1 aromatic rings. The summed E-state index contributed by atoms with van der Waals surface area (Å²) in [4.78, 5) is 14.3. The summed E-state index contributed by atoms with van der Waals surface area (Å²) in [5.74, 6) is 0.242. The van der Waals surface area contributed by atoms with Crippen LogP contribution in [0.2, 0.25) is 0 Å². The van der Waals surface area contributed by atoms with Gasteiger partial charge in [0.2, 0.25) is 0 Å². The minimum atomic E-state index is -0.341. The largest absolute Gasteiger partial charge is 0.265 e. The molecule has 0 saturated carbocycles. The summed E-state index contributed by atoms with van der Waals surface area (Å²) in [6.45, 7) is 1.93. The molecule has 0 bridgehead atoms. The number of nitrogens with zero attached hydrogens (tertiary/aromatic N) is 2. The second-order valence-electron chi connectivity index (χ2n) is 3.84. The molecule has 0 amide bonds. The minimum absolute atomic E-state index is 0.197. The van der Waals surface area contributed by atoms with Crippen molar-refractivity contribution in [2.24, 2.45) is 0 Å². The fourth-order valence-electron chi connectivity index (χ4n) is 1.94. The van der Waals surface area contributed by atoms with E-state index in [0.29, 0.717) is 6.42 Å². The number of rotatable bonds is 2. The Morgan fingerprint density at radius 3 is 2.69 bits per heavy atom. The predicted molar refractivity (Wildman–Crippen MR) is 60.4 cm³/mol. The fraction of sp³-hybridized carbons (Fsp3) is 0.250. The smallest absolute Gasteiger partial charge is 0.265 e. The molecule has 0 aromatic carbocycles. The van der Waals surface area contributed by atoms with Gasteiger partial charge in [-0.25, -0.2) is 0 Å². The number of nitro groups is 1. The highest BCUT2D eigenvalue weighted by Crippen LogP contribution is 2.32. The predicted octanol–water partition coefficient (Wildman–Crippen LogP) is 2.68. The summed E-state index contributed by atoms with van der Waals surface area (Å²) >= 11 is 0. The molecule has 4 nitrogen and oxygen atoms in total. The SMILES string of the molecule is CC1=CC([N+](=O)[O-])=CCC1c1ccncc1. The summed E-state index contributed by atoms with van der Waals surface area (Å²) in [6.07, 6.45) is 7.50. The van der Waals surface area contributed by atoms with E-state index in [1.54, 1.807) is 24.5 Å². The second kappa shape index (κ2) is 4.26. The summed E-state index contributed by atoms with van der Waals surface area (Å²) in [7, 11) is 0. The van der Waals surface area contributed by atoms with Crippen molar-refractivity contribution in [2.75, 3.05) is 0 Å². The van der Waals surface area contributed by atoms with Crippen molar-refractivity contribution < 1.29 is 4.92 Å². The standard InChI is InChI=1S/C12H12N2O2/c1-9-8-11(14(15)16)2-3-12(9)10-4-6-13-7-5-10/h2,4-8,12H,3H2,1H3. The maximum absolute atomic E-state index is 10.6. The van der Waals surface area contributed by atoms with Crippen LogP contribution < -0.4 is 0 Å². The maximum atomic E-state index is 10.6. The van der Waals surface area contributed by atoms with Crippen molar-refractivity contribution in [1.29, 1.82) is 0 Å². The van der Waals surface area contributed by atoms with Crippen molar-refractivity contribution >= 4 is 0 Å². The van der Waals surface area contributed by atoms with Crippen molar-refractivity contribution in [1.82, 2.24) is 4.98 Å². The topological polar surface area (TPSA) is 56.0 Å². The van der Waals surface area contributed by atoms with Gasteiger partial charge in [0.05, 0.1) is 4.92 Å². The van der Waals surface area contributed by atoms with Gasteiger partial charge in [-0.3, -0.25) is 15.1 Å². The molecule has 16 heavy (non-hydrogen) atoms. The van der Waals surface area contributed by atoms with Crippen LogP contribution in [0, 0.1) is 10.1 Å². The van der Waals surface area contributed by atoms with Crippen LogP contribution in [0.3, 0.4) is 0 Å². The Kier molecular flexibility index (Phi) is 2.81. The second-order valence-corrected chi connectivity index (χ2v) is 3.84. The van der Waals surface area contributed by atoms with Gasteiger partial charge in [0.15, 0.2) is 0 Å². The Morgan fingerprint density at radius 2 is 2.12 bits per heavy atom. The Labute approximate surface area is 93.5 Å². The zero-order chi connectivity index (χ0) is 11.5. The Morgan fingerprint density at radius 1 is 1.44 bits per heavy atom. The van der Waals surface area contributed by atoms with E-state index >= 15 is 0 Å². The van der Waals surface area contributed by atoms with Crippen LogP contribution in [0.25, 0.3) is 0 Å². The lowest BCUT2D eigenvalue weighted by atomic mass is 9.86. The molecular formula is C12H12N2O2. The van der Waals surface area contributed by atoms with E-state index in [4.69, 9.17) is 0 Å². The van der Waals surface area contributed by atoms with Gasteiger partial charge in [-0.15, -0.1) is 0 Å². The molecule has 1 aromatic heterocycles.